The molecule has 0 aromatic rings. The Morgan fingerprint density at radius 1 is 0.688 bits per heavy atom. The predicted octanol–water partition coefficient (Wildman–Crippen LogP) is -7.19. The fourth-order valence-corrected chi connectivity index (χ4v) is 0. The fraction of sp³-hybridized carbons (Fsp3) is 0.500. The van der Waals surface area contributed by atoms with E-state index in [1.807, 2.05) is 0 Å². The van der Waals surface area contributed by atoms with Crippen LogP contribution in [0.1, 0.15) is 0 Å². The third-order valence-electron chi connectivity index (χ3n) is 0.387. The smallest absolute Gasteiger partial charge is 0.548 e. The predicted molar refractivity (Wildman–Crippen MR) is 42.0 cm³/mol. The second-order valence-electron chi connectivity index (χ2n) is 1.59. The minimum absolute atomic E-state index is 0. The molecule has 16 heavy (non-hydrogen) atoms. The third-order valence-corrected chi connectivity index (χ3v) is 0.387. The molecular weight excluding hydrogens is 243 g/mol. The van der Waals surface area contributed by atoms with Crippen molar-refractivity contribution in [2.24, 2.45) is 0 Å². The van der Waals surface area contributed by atoms with Gasteiger partial charge in [-0.25, -0.2) is 0 Å². The van der Waals surface area contributed by atoms with Crippen molar-refractivity contribution >= 4 is 35.3 Å². The quantitative estimate of drug-likeness (QED) is 0.411. The van der Waals surface area contributed by atoms with Crippen molar-refractivity contribution in [1.29, 1.82) is 0 Å². The standard InChI is InChI=1S/3C2H4O3.Al/c3*3-1-2(4)5;/h3*3H,1H2,(H,4,5);/q;;;+3/p-3. The summed E-state index contributed by atoms with van der Waals surface area (Å²) in [5, 5.41) is 49.5. The molecule has 3 N–H and O–H groups in total. The Morgan fingerprint density at radius 2 is 0.750 bits per heavy atom. The molecule has 0 aliphatic heterocycles. The second-order valence-corrected chi connectivity index (χ2v) is 1.59. The van der Waals surface area contributed by atoms with Crippen molar-refractivity contribution in [3.63, 3.8) is 0 Å². The summed E-state index contributed by atoms with van der Waals surface area (Å²) < 4.78 is 0. The van der Waals surface area contributed by atoms with Crippen LogP contribution in [0.4, 0.5) is 0 Å². The van der Waals surface area contributed by atoms with Crippen LogP contribution < -0.4 is 15.3 Å². The molecule has 9 nitrogen and oxygen atoms in total. The molecule has 0 aliphatic rings. The molecule has 0 aromatic carbocycles. The van der Waals surface area contributed by atoms with E-state index in [1.54, 1.807) is 0 Å². The molecule has 0 fully saturated rings. The third kappa shape index (κ3) is 77.1. The molecule has 0 radical (unpaired) electrons. The van der Waals surface area contributed by atoms with Gasteiger partial charge in [-0.3, -0.25) is 0 Å². The number of carboxylic acids is 3. The van der Waals surface area contributed by atoms with Crippen molar-refractivity contribution in [3.8, 4) is 0 Å². The zero-order valence-electron chi connectivity index (χ0n) is 7.99. The van der Waals surface area contributed by atoms with Crippen LogP contribution in [0.5, 0.6) is 0 Å². The van der Waals surface area contributed by atoms with Crippen molar-refractivity contribution in [3.05, 3.63) is 0 Å². The Kier molecular flexibility index (Phi) is 29.3. The molecule has 10 heteroatoms. The van der Waals surface area contributed by atoms with E-state index >= 15 is 0 Å². The monoisotopic (exact) mass is 252 g/mol. The number of carbonyl (C=O) groups excluding carboxylic acids is 3. The number of aliphatic carboxylic acids is 3. The first kappa shape index (κ1) is 24.2. The number of hydrogen-bond acceptors (Lipinski definition) is 9. The first-order valence-corrected chi connectivity index (χ1v) is 3.23. The molecule has 0 bridgehead atoms. The van der Waals surface area contributed by atoms with Crippen LogP contribution in [0.15, 0.2) is 0 Å². The molecule has 0 unspecified atom stereocenters. The topological polar surface area (TPSA) is 181 Å². The van der Waals surface area contributed by atoms with Gasteiger partial charge in [0.15, 0.2) is 0 Å². The zero-order valence-corrected chi connectivity index (χ0v) is 9.14. The fourth-order valence-electron chi connectivity index (χ4n) is 0. The summed E-state index contributed by atoms with van der Waals surface area (Å²) in [6.07, 6.45) is 0. The Hall–Kier alpha value is -1.18. The van der Waals surface area contributed by atoms with Crippen molar-refractivity contribution in [1.82, 2.24) is 0 Å². The zero-order chi connectivity index (χ0) is 12.9. The van der Waals surface area contributed by atoms with Gasteiger partial charge in [-0.2, -0.15) is 0 Å². The van der Waals surface area contributed by atoms with Crippen LogP contribution >= 0.6 is 0 Å². The number of aliphatic hydroxyl groups is 3. The number of hydrogen-bond donors (Lipinski definition) is 3. The molecule has 0 saturated heterocycles. The SMILES string of the molecule is O=C([O-])CO.O=C([O-])CO.O=C([O-])CO.[Al+3]. The molecule has 0 aromatic heterocycles. The van der Waals surface area contributed by atoms with Gasteiger partial charge in [-0.05, 0) is 0 Å². The number of carbonyl (C=O) groups is 3. The Labute approximate surface area is 101 Å². The minimum atomic E-state index is -1.44. The normalized spacial score (nSPS) is 6.94. The van der Waals surface area contributed by atoms with Gasteiger partial charge in [0, 0.05) is 0 Å². The molecule has 0 rings (SSSR count). The Balaban J connectivity index is -0.0000000655. The second kappa shape index (κ2) is 19.4. The van der Waals surface area contributed by atoms with Gasteiger partial charge in [0.05, 0.1) is 37.7 Å². The van der Waals surface area contributed by atoms with E-state index in [0.29, 0.717) is 0 Å². The Bertz CT molecular complexity index is 159. The summed E-state index contributed by atoms with van der Waals surface area (Å²) in [5.74, 6) is -4.32. The van der Waals surface area contributed by atoms with E-state index in [1.165, 1.54) is 0 Å². The number of aliphatic hydroxyl groups excluding tert-OH is 3. The summed E-state index contributed by atoms with van der Waals surface area (Å²) in [4.78, 5) is 27.0. The van der Waals surface area contributed by atoms with Crippen LogP contribution in [0, 0.1) is 0 Å². The van der Waals surface area contributed by atoms with Crippen LogP contribution in [0.2, 0.25) is 0 Å². The average Bonchev–Trinajstić information content (AvgIpc) is 2.19. The maximum atomic E-state index is 9.01. The molecule has 0 atom stereocenters. The van der Waals surface area contributed by atoms with Crippen LogP contribution in [0.3, 0.4) is 0 Å². The van der Waals surface area contributed by atoms with Gasteiger partial charge in [0.1, 0.15) is 0 Å². The molecule has 0 amide bonds. The summed E-state index contributed by atoms with van der Waals surface area (Å²) in [7, 11) is 0. The maximum absolute atomic E-state index is 9.01. The maximum Gasteiger partial charge on any atom is 3.00 e. The van der Waals surface area contributed by atoms with Gasteiger partial charge in [0.25, 0.3) is 0 Å². The largest absolute Gasteiger partial charge is 3.00 e. The van der Waals surface area contributed by atoms with E-state index in [4.69, 9.17) is 45.0 Å². The first-order chi connectivity index (χ1) is 6.81. The van der Waals surface area contributed by atoms with E-state index in [0.717, 1.165) is 0 Å². The summed E-state index contributed by atoms with van der Waals surface area (Å²) in [6, 6.07) is 0. The van der Waals surface area contributed by atoms with Gasteiger partial charge >= 0.3 is 17.4 Å². The van der Waals surface area contributed by atoms with Crippen molar-refractivity contribution < 1.29 is 45.0 Å². The molecule has 0 saturated carbocycles. The van der Waals surface area contributed by atoms with Crippen LogP contribution in [-0.4, -0.2) is 70.4 Å². The summed E-state index contributed by atoms with van der Waals surface area (Å²) in [6.45, 7) is -2.67. The summed E-state index contributed by atoms with van der Waals surface area (Å²) >= 11 is 0. The first-order valence-electron chi connectivity index (χ1n) is 3.23. The Morgan fingerprint density at radius 3 is 0.750 bits per heavy atom. The van der Waals surface area contributed by atoms with Gasteiger partial charge in [-0.1, -0.05) is 0 Å². The summed E-state index contributed by atoms with van der Waals surface area (Å²) in [5.41, 5.74) is 0. The van der Waals surface area contributed by atoms with Crippen molar-refractivity contribution in [2.75, 3.05) is 19.8 Å². The molecule has 0 heterocycles. The molecule has 0 spiro atoms. The minimum Gasteiger partial charge on any atom is -0.548 e. The van der Waals surface area contributed by atoms with Gasteiger partial charge in [0.2, 0.25) is 0 Å². The van der Waals surface area contributed by atoms with E-state index in [-0.39, 0.29) is 17.4 Å². The average molecular weight is 252 g/mol. The van der Waals surface area contributed by atoms with Crippen LogP contribution in [0.25, 0.3) is 0 Å². The van der Waals surface area contributed by atoms with E-state index in [2.05, 4.69) is 0 Å². The van der Waals surface area contributed by atoms with Crippen molar-refractivity contribution in [2.45, 2.75) is 0 Å². The van der Waals surface area contributed by atoms with E-state index < -0.39 is 37.7 Å². The van der Waals surface area contributed by atoms with Gasteiger partial charge < -0.3 is 45.0 Å². The van der Waals surface area contributed by atoms with Gasteiger partial charge in [-0.15, -0.1) is 0 Å². The molecular formula is C6H9AlO9. The van der Waals surface area contributed by atoms with Crippen LogP contribution in [-0.2, 0) is 14.4 Å². The number of carboxylic acid groups (broad SMARTS) is 3. The molecule has 90 valence electrons. The molecule has 0 aliphatic carbocycles. The van der Waals surface area contributed by atoms with E-state index in [9.17, 15) is 0 Å². The number of rotatable bonds is 3.